The second-order valence-corrected chi connectivity index (χ2v) is 4.82. The predicted molar refractivity (Wildman–Crippen MR) is 74.7 cm³/mol. The molecule has 106 valence electrons. The number of nitrogens with one attached hydrogen (secondary N) is 1. The van der Waals surface area contributed by atoms with Gasteiger partial charge < -0.3 is 15.2 Å². The number of ether oxygens (including phenoxy) is 1. The number of aryl methyl sites for hydroxylation is 1. The summed E-state index contributed by atoms with van der Waals surface area (Å²) in [5.74, 6) is 0.991. The lowest BCUT2D eigenvalue weighted by molar-refractivity contribution is 0.276. The van der Waals surface area contributed by atoms with E-state index in [1.165, 1.54) is 5.56 Å². The van der Waals surface area contributed by atoms with Gasteiger partial charge in [-0.25, -0.2) is 0 Å². The van der Waals surface area contributed by atoms with Crippen LogP contribution in [-0.4, -0.2) is 33.3 Å². The van der Waals surface area contributed by atoms with Gasteiger partial charge in [-0.05, 0) is 30.2 Å². The van der Waals surface area contributed by atoms with Gasteiger partial charge >= 0.3 is 0 Å². The Balaban J connectivity index is 1.57. The smallest absolute Gasteiger partial charge is 0.122 e. The Kier molecular flexibility index (Phi) is 3.83. The van der Waals surface area contributed by atoms with Gasteiger partial charge in [-0.15, -0.1) is 5.10 Å². The molecule has 0 unspecified atom stereocenters. The molecule has 0 bridgehead atoms. The highest BCUT2D eigenvalue weighted by Gasteiger charge is 2.11. The standard InChI is InChI=1S/C14H18N4O2/c19-6-1-5-18-10-13(16-17-18)9-15-12-2-3-14-11(8-12)4-7-20-14/h2-3,8,10,15,19H,1,4-7,9H2. The molecule has 1 aliphatic heterocycles. The minimum absolute atomic E-state index is 0.171. The second-order valence-electron chi connectivity index (χ2n) is 4.82. The van der Waals surface area contributed by atoms with E-state index in [1.54, 1.807) is 4.68 Å². The summed E-state index contributed by atoms with van der Waals surface area (Å²) < 4.78 is 7.24. The molecule has 0 amide bonds. The molecule has 6 heteroatoms. The van der Waals surface area contributed by atoms with Gasteiger partial charge in [0.25, 0.3) is 0 Å². The van der Waals surface area contributed by atoms with E-state index in [1.807, 2.05) is 18.3 Å². The third-order valence-corrected chi connectivity index (χ3v) is 3.29. The topological polar surface area (TPSA) is 72.2 Å². The van der Waals surface area contributed by atoms with Gasteiger partial charge in [0.2, 0.25) is 0 Å². The maximum absolute atomic E-state index is 8.78. The lowest BCUT2D eigenvalue weighted by Gasteiger charge is -2.06. The number of fused-ring (bicyclic) bond motifs is 1. The zero-order chi connectivity index (χ0) is 13.8. The summed E-state index contributed by atoms with van der Waals surface area (Å²) in [5.41, 5.74) is 3.21. The van der Waals surface area contributed by atoms with Crippen LogP contribution in [0, 0.1) is 0 Å². The fourth-order valence-electron chi connectivity index (χ4n) is 2.25. The zero-order valence-electron chi connectivity index (χ0n) is 11.2. The van der Waals surface area contributed by atoms with Crippen molar-refractivity contribution in [2.45, 2.75) is 25.9 Å². The SMILES string of the molecule is OCCCn1cc(CNc2ccc3c(c2)CCO3)nn1. The Labute approximate surface area is 117 Å². The Morgan fingerprint density at radius 2 is 2.35 bits per heavy atom. The normalized spacial score (nSPS) is 13.1. The highest BCUT2D eigenvalue weighted by molar-refractivity contribution is 5.52. The number of nitrogens with zero attached hydrogens (tertiary/aromatic N) is 3. The van der Waals surface area contributed by atoms with Gasteiger partial charge in [-0.1, -0.05) is 5.21 Å². The Morgan fingerprint density at radius 1 is 1.40 bits per heavy atom. The highest BCUT2D eigenvalue weighted by Crippen LogP contribution is 2.27. The number of hydrogen-bond acceptors (Lipinski definition) is 5. The molecule has 0 atom stereocenters. The molecule has 1 aromatic carbocycles. The van der Waals surface area contributed by atoms with Crippen molar-refractivity contribution in [1.29, 1.82) is 0 Å². The lowest BCUT2D eigenvalue weighted by atomic mass is 10.1. The van der Waals surface area contributed by atoms with E-state index in [9.17, 15) is 0 Å². The van der Waals surface area contributed by atoms with Crippen molar-refractivity contribution in [3.05, 3.63) is 35.7 Å². The number of anilines is 1. The first-order valence-electron chi connectivity index (χ1n) is 6.84. The zero-order valence-corrected chi connectivity index (χ0v) is 11.2. The minimum atomic E-state index is 0.171. The van der Waals surface area contributed by atoms with Crippen LogP contribution in [0.3, 0.4) is 0 Å². The fraction of sp³-hybridized carbons (Fsp3) is 0.429. The van der Waals surface area contributed by atoms with Gasteiger partial charge in [-0.2, -0.15) is 0 Å². The Bertz CT molecular complexity index is 582. The molecule has 20 heavy (non-hydrogen) atoms. The molecular weight excluding hydrogens is 256 g/mol. The molecule has 1 aromatic heterocycles. The van der Waals surface area contributed by atoms with Crippen molar-refractivity contribution in [3.8, 4) is 5.75 Å². The molecule has 2 aromatic rings. The molecule has 2 heterocycles. The van der Waals surface area contributed by atoms with Crippen molar-refractivity contribution in [3.63, 3.8) is 0 Å². The van der Waals surface area contributed by atoms with Crippen molar-refractivity contribution in [2.24, 2.45) is 0 Å². The van der Waals surface area contributed by atoms with Crippen molar-refractivity contribution >= 4 is 5.69 Å². The maximum Gasteiger partial charge on any atom is 0.122 e. The number of aromatic nitrogens is 3. The van der Waals surface area contributed by atoms with Crippen molar-refractivity contribution in [2.75, 3.05) is 18.5 Å². The molecule has 3 rings (SSSR count). The van der Waals surface area contributed by atoms with E-state index >= 15 is 0 Å². The summed E-state index contributed by atoms with van der Waals surface area (Å²) in [6.07, 6.45) is 3.57. The van der Waals surface area contributed by atoms with E-state index in [-0.39, 0.29) is 6.61 Å². The summed E-state index contributed by atoms with van der Waals surface area (Å²) in [7, 11) is 0. The number of rotatable bonds is 6. The third kappa shape index (κ3) is 2.91. The third-order valence-electron chi connectivity index (χ3n) is 3.29. The van der Waals surface area contributed by atoms with Crippen LogP contribution in [0.4, 0.5) is 5.69 Å². The summed E-state index contributed by atoms with van der Waals surface area (Å²) in [5, 5.41) is 20.2. The molecule has 0 spiro atoms. The largest absolute Gasteiger partial charge is 0.493 e. The fourth-order valence-corrected chi connectivity index (χ4v) is 2.25. The quantitative estimate of drug-likeness (QED) is 0.828. The van der Waals surface area contributed by atoms with E-state index in [2.05, 4.69) is 21.7 Å². The Morgan fingerprint density at radius 3 is 3.25 bits per heavy atom. The number of aliphatic hydroxyl groups excluding tert-OH is 1. The van der Waals surface area contributed by atoms with E-state index in [0.29, 0.717) is 19.5 Å². The van der Waals surface area contributed by atoms with Crippen molar-refractivity contribution in [1.82, 2.24) is 15.0 Å². The Hall–Kier alpha value is -2.08. The van der Waals surface area contributed by atoms with Crippen LogP contribution in [0.5, 0.6) is 5.75 Å². The summed E-state index contributed by atoms with van der Waals surface area (Å²) >= 11 is 0. The van der Waals surface area contributed by atoms with Gasteiger partial charge in [-0.3, -0.25) is 4.68 Å². The van der Waals surface area contributed by atoms with Crippen LogP contribution in [0.15, 0.2) is 24.4 Å². The monoisotopic (exact) mass is 274 g/mol. The molecule has 2 N–H and O–H groups in total. The predicted octanol–water partition coefficient (Wildman–Crippen LogP) is 1.21. The molecule has 0 fully saturated rings. The molecule has 1 aliphatic rings. The lowest BCUT2D eigenvalue weighted by Crippen LogP contribution is -2.01. The van der Waals surface area contributed by atoms with Gasteiger partial charge in [0.05, 0.1) is 19.3 Å². The van der Waals surface area contributed by atoms with Gasteiger partial charge in [0.15, 0.2) is 0 Å². The van der Waals surface area contributed by atoms with E-state index < -0.39 is 0 Å². The molecular formula is C14H18N4O2. The van der Waals surface area contributed by atoms with Gasteiger partial charge in [0, 0.05) is 25.3 Å². The van der Waals surface area contributed by atoms with Crippen LogP contribution < -0.4 is 10.1 Å². The summed E-state index contributed by atoms with van der Waals surface area (Å²) in [6.45, 7) is 2.28. The first-order chi connectivity index (χ1) is 9.85. The van der Waals surface area contributed by atoms with Gasteiger partial charge in [0.1, 0.15) is 11.4 Å². The van der Waals surface area contributed by atoms with Crippen LogP contribution in [-0.2, 0) is 19.5 Å². The summed E-state index contributed by atoms with van der Waals surface area (Å²) in [6, 6.07) is 6.14. The average Bonchev–Trinajstić information content (AvgIpc) is 3.11. The molecule has 6 nitrogen and oxygen atoms in total. The highest BCUT2D eigenvalue weighted by atomic mass is 16.5. The first-order valence-corrected chi connectivity index (χ1v) is 6.84. The average molecular weight is 274 g/mol. The van der Waals surface area contributed by atoms with Crippen LogP contribution in [0.25, 0.3) is 0 Å². The van der Waals surface area contributed by atoms with Crippen LogP contribution in [0.2, 0.25) is 0 Å². The molecule has 0 saturated heterocycles. The second kappa shape index (κ2) is 5.92. The van der Waals surface area contributed by atoms with E-state index in [4.69, 9.17) is 9.84 Å². The molecule has 0 saturated carbocycles. The van der Waals surface area contributed by atoms with Crippen LogP contribution in [0.1, 0.15) is 17.7 Å². The maximum atomic E-state index is 8.78. The number of hydrogen-bond donors (Lipinski definition) is 2. The van der Waals surface area contributed by atoms with Crippen LogP contribution >= 0.6 is 0 Å². The molecule has 0 aliphatic carbocycles. The van der Waals surface area contributed by atoms with E-state index in [0.717, 1.165) is 30.2 Å². The number of benzene rings is 1. The first kappa shape index (κ1) is 12.9. The molecule has 0 radical (unpaired) electrons. The van der Waals surface area contributed by atoms with Crippen molar-refractivity contribution < 1.29 is 9.84 Å². The number of aliphatic hydroxyl groups is 1. The summed E-state index contributed by atoms with van der Waals surface area (Å²) in [4.78, 5) is 0. The minimum Gasteiger partial charge on any atom is -0.493 e.